The maximum Gasteiger partial charge on any atom is 0.248 e. The Morgan fingerprint density at radius 2 is 1.13 bits per heavy atom. The largest absolute Gasteiger partial charge is 0.383 e. The molecule has 0 fully saturated rings. The van der Waals surface area contributed by atoms with Crippen molar-refractivity contribution >= 4 is 5.91 Å². The van der Waals surface area contributed by atoms with E-state index in [4.69, 9.17) is 0 Å². The Balaban J connectivity index is 3.14. The number of likely N-dealkylation sites (N-methyl/N-ethyl adjacent to an activating group) is 1. The molecule has 1 atom stereocenters. The Labute approximate surface area is 144 Å². The van der Waals surface area contributed by atoms with Gasteiger partial charge in [0.1, 0.15) is 6.10 Å². The molecule has 0 saturated carbocycles. The number of hydrogen-bond acceptors (Lipinski definition) is 2. The predicted octanol–water partition coefficient (Wildman–Crippen LogP) is 5.35. The van der Waals surface area contributed by atoms with Gasteiger partial charge in [-0.1, -0.05) is 96.8 Å². The van der Waals surface area contributed by atoms with Crippen molar-refractivity contribution < 1.29 is 9.90 Å². The monoisotopic (exact) mass is 327 g/mol. The smallest absolute Gasteiger partial charge is 0.248 e. The lowest BCUT2D eigenvalue weighted by molar-refractivity contribution is -0.129. The second-order valence-corrected chi connectivity index (χ2v) is 6.80. The number of amides is 1. The first-order chi connectivity index (χ1) is 11.2. The molecular formula is C20H41NO2. The molecule has 0 bridgehead atoms. The fourth-order valence-electron chi connectivity index (χ4n) is 2.96. The van der Waals surface area contributed by atoms with Gasteiger partial charge in [0.05, 0.1) is 0 Å². The molecule has 0 aromatic heterocycles. The van der Waals surface area contributed by atoms with Crippen molar-refractivity contribution in [3.63, 3.8) is 0 Å². The Morgan fingerprint density at radius 1 is 0.739 bits per heavy atom. The summed E-state index contributed by atoms with van der Waals surface area (Å²) in [7, 11) is 0. The molecule has 23 heavy (non-hydrogen) atoms. The lowest BCUT2D eigenvalue weighted by Gasteiger charge is -2.09. The van der Waals surface area contributed by atoms with Gasteiger partial charge in [0.25, 0.3) is 0 Å². The van der Waals surface area contributed by atoms with Crippen LogP contribution in [0.2, 0.25) is 0 Å². The van der Waals surface area contributed by atoms with Gasteiger partial charge in [-0.25, -0.2) is 0 Å². The highest BCUT2D eigenvalue weighted by atomic mass is 16.3. The summed E-state index contributed by atoms with van der Waals surface area (Å²) < 4.78 is 0. The number of carbonyl (C=O) groups is 1. The van der Waals surface area contributed by atoms with E-state index < -0.39 is 6.10 Å². The molecule has 0 rings (SSSR count). The van der Waals surface area contributed by atoms with Gasteiger partial charge in [-0.15, -0.1) is 0 Å². The van der Waals surface area contributed by atoms with Crippen LogP contribution in [0.15, 0.2) is 0 Å². The maximum atomic E-state index is 11.3. The molecule has 1 unspecified atom stereocenters. The third kappa shape index (κ3) is 16.1. The quantitative estimate of drug-likeness (QED) is 0.354. The molecule has 138 valence electrons. The molecule has 3 nitrogen and oxygen atoms in total. The number of aliphatic hydroxyl groups excluding tert-OH is 1. The SMILES string of the molecule is CCCCCCCCCCCCCCCCC(O)C(=O)NCC. The zero-order valence-corrected chi connectivity index (χ0v) is 15.7. The Morgan fingerprint density at radius 3 is 1.52 bits per heavy atom. The van der Waals surface area contributed by atoms with E-state index in [2.05, 4.69) is 12.2 Å². The average molecular weight is 328 g/mol. The molecule has 0 heterocycles. The average Bonchev–Trinajstić information content (AvgIpc) is 2.55. The minimum Gasteiger partial charge on any atom is -0.383 e. The van der Waals surface area contributed by atoms with E-state index >= 15 is 0 Å². The van der Waals surface area contributed by atoms with Crippen LogP contribution in [0, 0.1) is 0 Å². The van der Waals surface area contributed by atoms with Crippen LogP contribution >= 0.6 is 0 Å². The maximum absolute atomic E-state index is 11.3. The van der Waals surface area contributed by atoms with Crippen molar-refractivity contribution in [3.8, 4) is 0 Å². The van der Waals surface area contributed by atoms with E-state index in [-0.39, 0.29) is 5.91 Å². The van der Waals surface area contributed by atoms with Gasteiger partial charge < -0.3 is 10.4 Å². The third-order valence-corrected chi connectivity index (χ3v) is 4.48. The summed E-state index contributed by atoms with van der Waals surface area (Å²) in [6.07, 6.45) is 18.4. The molecule has 0 aliphatic carbocycles. The first-order valence-corrected chi connectivity index (χ1v) is 10.2. The van der Waals surface area contributed by atoms with E-state index in [0.717, 1.165) is 12.8 Å². The van der Waals surface area contributed by atoms with Crippen molar-refractivity contribution in [3.05, 3.63) is 0 Å². The van der Waals surface area contributed by atoms with Crippen LogP contribution in [0.1, 0.15) is 110 Å². The molecule has 1 amide bonds. The van der Waals surface area contributed by atoms with Crippen molar-refractivity contribution in [2.75, 3.05) is 6.54 Å². The van der Waals surface area contributed by atoms with Gasteiger partial charge >= 0.3 is 0 Å². The number of hydrogen-bond donors (Lipinski definition) is 2. The first kappa shape index (κ1) is 22.4. The number of carbonyl (C=O) groups excluding carboxylic acids is 1. The topological polar surface area (TPSA) is 49.3 Å². The number of rotatable bonds is 17. The molecule has 0 spiro atoms. The second-order valence-electron chi connectivity index (χ2n) is 6.80. The standard InChI is InChI=1S/C20H41NO2/c1-3-5-6-7-8-9-10-11-12-13-14-15-16-17-18-19(22)20(23)21-4-2/h19,22H,3-18H2,1-2H3,(H,21,23). The molecule has 0 aromatic carbocycles. The summed E-state index contributed by atoms with van der Waals surface area (Å²) in [4.78, 5) is 11.3. The predicted molar refractivity (Wildman–Crippen MR) is 99.6 cm³/mol. The summed E-state index contributed by atoms with van der Waals surface area (Å²) in [6.45, 7) is 4.73. The molecule has 2 N–H and O–H groups in total. The zero-order chi connectivity index (χ0) is 17.2. The lowest BCUT2D eigenvalue weighted by atomic mass is 10.0. The summed E-state index contributed by atoms with van der Waals surface area (Å²) in [6, 6.07) is 0. The van der Waals surface area contributed by atoms with Crippen LogP contribution in [-0.2, 0) is 4.79 Å². The van der Waals surface area contributed by atoms with Crippen LogP contribution < -0.4 is 5.32 Å². The van der Waals surface area contributed by atoms with Crippen LogP contribution in [0.5, 0.6) is 0 Å². The highest BCUT2D eigenvalue weighted by Crippen LogP contribution is 2.13. The van der Waals surface area contributed by atoms with Crippen LogP contribution in [0.25, 0.3) is 0 Å². The fraction of sp³-hybridized carbons (Fsp3) is 0.950. The van der Waals surface area contributed by atoms with Crippen molar-refractivity contribution in [2.24, 2.45) is 0 Å². The Bertz CT molecular complexity index is 256. The second kappa shape index (κ2) is 17.8. The third-order valence-electron chi connectivity index (χ3n) is 4.48. The molecular weight excluding hydrogens is 286 g/mol. The summed E-state index contributed by atoms with van der Waals surface area (Å²) in [5, 5.41) is 12.3. The highest BCUT2D eigenvalue weighted by molar-refractivity contribution is 5.80. The Hall–Kier alpha value is -0.570. The number of aliphatic hydroxyl groups is 1. The highest BCUT2D eigenvalue weighted by Gasteiger charge is 2.12. The normalized spacial score (nSPS) is 12.3. The molecule has 0 saturated heterocycles. The number of nitrogens with one attached hydrogen (secondary N) is 1. The minimum absolute atomic E-state index is 0.220. The van der Waals surface area contributed by atoms with E-state index in [1.807, 2.05) is 6.92 Å². The van der Waals surface area contributed by atoms with Crippen LogP contribution in [0.3, 0.4) is 0 Å². The molecule has 0 aliphatic heterocycles. The van der Waals surface area contributed by atoms with E-state index in [0.29, 0.717) is 13.0 Å². The molecule has 3 heteroatoms. The summed E-state index contributed by atoms with van der Waals surface area (Å²) in [5.74, 6) is -0.220. The van der Waals surface area contributed by atoms with Gasteiger partial charge in [-0.2, -0.15) is 0 Å². The van der Waals surface area contributed by atoms with Crippen molar-refractivity contribution in [2.45, 2.75) is 116 Å². The molecule has 0 radical (unpaired) electrons. The van der Waals surface area contributed by atoms with Gasteiger partial charge in [-0.05, 0) is 13.3 Å². The van der Waals surface area contributed by atoms with E-state index in [9.17, 15) is 9.90 Å². The van der Waals surface area contributed by atoms with Crippen molar-refractivity contribution in [1.29, 1.82) is 0 Å². The van der Waals surface area contributed by atoms with Crippen LogP contribution in [-0.4, -0.2) is 23.7 Å². The fourth-order valence-corrected chi connectivity index (χ4v) is 2.96. The summed E-state index contributed by atoms with van der Waals surface area (Å²) >= 11 is 0. The van der Waals surface area contributed by atoms with Gasteiger partial charge in [0, 0.05) is 6.54 Å². The summed E-state index contributed by atoms with van der Waals surface area (Å²) in [5.41, 5.74) is 0. The minimum atomic E-state index is -0.813. The van der Waals surface area contributed by atoms with E-state index in [1.54, 1.807) is 0 Å². The Kier molecular flexibility index (Phi) is 17.3. The number of unbranched alkanes of at least 4 members (excludes halogenated alkanes) is 13. The van der Waals surface area contributed by atoms with Gasteiger partial charge in [-0.3, -0.25) is 4.79 Å². The van der Waals surface area contributed by atoms with Gasteiger partial charge in [0.2, 0.25) is 5.91 Å². The van der Waals surface area contributed by atoms with Crippen LogP contribution in [0.4, 0.5) is 0 Å². The van der Waals surface area contributed by atoms with E-state index in [1.165, 1.54) is 77.0 Å². The lowest BCUT2D eigenvalue weighted by Crippen LogP contribution is -2.34. The van der Waals surface area contributed by atoms with Gasteiger partial charge in [0.15, 0.2) is 0 Å². The zero-order valence-electron chi connectivity index (χ0n) is 15.7. The molecule has 0 aliphatic rings. The molecule has 0 aromatic rings. The van der Waals surface area contributed by atoms with Crippen molar-refractivity contribution in [1.82, 2.24) is 5.32 Å². The first-order valence-electron chi connectivity index (χ1n) is 10.2.